The summed E-state index contributed by atoms with van der Waals surface area (Å²) >= 11 is 1.70. The Morgan fingerprint density at radius 1 is 0.450 bits per heavy atom. The molecule has 13 aromatic rings. The van der Waals surface area contributed by atoms with Gasteiger partial charge in [0, 0.05) is 88.8 Å². The van der Waals surface area contributed by atoms with Crippen molar-refractivity contribution in [3.05, 3.63) is 301 Å². The molecule has 5 aliphatic rings. The maximum absolute atomic E-state index is 9.71. The predicted molar refractivity (Wildman–Crippen MR) is 426 cm³/mol. The molecular formula is C93H83BN4OS. The molecule has 2 unspecified atom stereocenters. The van der Waals surface area contributed by atoms with E-state index in [0.29, 0.717) is 28.5 Å². The van der Waals surface area contributed by atoms with Crippen molar-refractivity contribution >= 4 is 112 Å². The summed E-state index contributed by atoms with van der Waals surface area (Å²) in [4.78, 5) is 9.05. The lowest BCUT2D eigenvalue weighted by atomic mass is 9.36. The van der Waals surface area contributed by atoms with Gasteiger partial charge < -0.3 is 24.3 Å². The van der Waals surface area contributed by atoms with Gasteiger partial charge in [-0.1, -0.05) is 251 Å². The second-order valence-electron chi connectivity index (χ2n) is 30.0. The van der Waals surface area contributed by atoms with Crippen LogP contribution >= 0.6 is 11.3 Å². The van der Waals surface area contributed by atoms with Gasteiger partial charge in [-0.05, 0) is 183 Å². The third-order valence-electron chi connectivity index (χ3n) is 22.8. The van der Waals surface area contributed by atoms with Gasteiger partial charge in [-0.2, -0.15) is 0 Å². The van der Waals surface area contributed by atoms with Crippen LogP contribution in [-0.2, 0) is 21.7 Å². The van der Waals surface area contributed by atoms with Gasteiger partial charge in [0.15, 0.2) is 0 Å². The zero-order valence-electron chi connectivity index (χ0n) is 66.5. The average Bonchev–Trinajstić information content (AvgIpc) is 1.67. The Hall–Kier alpha value is -10.3. The van der Waals surface area contributed by atoms with Crippen LogP contribution in [0.15, 0.2) is 273 Å². The normalized spacial score (nSPS) is 19.4. The second-order valence-corrected chi connectivity index (χ2v) is 31.1. The van der Waals surface area contributed by atoms with E-state index in [1.807, 2.05) is 42.5 Å². The van der Waals surface area contributed by atoms with E-state index in [1.54, 1.807) is 23.5 Å². The number of fused-ring (bicyclic) bond motifs is 11. The summed E-state index contributed by atoms with van der Waals surface area (Å²) in [6.45, 7) is 4.15. The number of hydrogen-bond donors (Lipinski definition) is 0. The maximum atomic E-state index is 9.71. The van der Waals surface area contributed by atoms with Gasteiger partial charge in [-0.3, -0.25) is 0 Å². The van der Waals surface area contributed by atoms with Crippen molar-refractivity contribution in [2.24, 2.45) is 0 Å². The van der Waals surface area contributed by atoms with Crippen molar-refractivity contribution in [1.29, 1.82) is 0 Å². The summed E-state index contributed by atoms with van der Waals surface area (Å²) in [6, 6.07) is 94.9. The largest absolute Gasteiger partial charge is 0.484 e. The standard InChI is InChI=1S/C93H83BN4OS/c1-89(2,3)64-44-46-66(47-45-64)95(76-39-23-20-35-69(76)61-31-16-12-17-32-61)68-48-50-75-81(59-68)97(80-42-28-38-74-87(80)99-93(10)54-27-26-53-92(74,93)9)82-56-65(90(4,5)6)57-83-85(82)94(75)88-86(71-55-63(43-52-84(71)100-88)60-29-14-11-15-30-60)98(83)77-51-49-67(58-70(77)62-33-18-13-19-34-62)96-78-40-24-21-36-72(78)91(7,8)73-37-22-25-41-79(73)96/h11-25,28-52,55-59H,26-27,53-54H2,1-10H3/i4D3,5D3,6D3. The lowest BCUT2D eigenvalue weighted by molar-refractivity contribution is 0.00770. The highest BCUT2D eigenvalue weighted by molar-refractivity contribution is 7.33. The van der Waals surface area contributed by atoms with Crippen molar-refractivity contribution in [2.45, 2.75) is 122 Å². The van der Waals surface area contributed by atoms with Gasteiger partial charge >= 0.3 is 0 Å². The van der Waals surface area contributed by atoms with Crippen molar-refractivity contribution in [2.75, 3.05) is 19.6 Å². The molecular weight excluding hydrogens is 1230 g/mol. The highest BCUT2D eigenvalue weighted by atomic mass is 32.1. The molecule has 12 aromatic carbocycles. The maximum Gasteiger partial charge on any atom is 0.264 e. The molecule has 0 amide bonds. The van der Waals surface area contributed by atoms with Crippen LogP contribution in [0, 0.1) is 0 Å². The van der Waals surface area contributed by atoms with Crippen LogP contribution in [0.4, 0.5) is 68.2 Å². The van der Waals surface area contributed by atoms with Crippen LogP contribution in [0.2, 0.25) is 0 Å². The lowest BCUT2D eigenvalue weighted by Gasteiger charge is -2.45. The van der Waals surface area contributed by atoms with Crippen LogP contribution < -0.4 is 40.0 Å². The van der Waals surface area contributed by atoms with E-state index in [1.165, 1.54) is 16.7 Å². The van der Waals surface area contributed by atoms with E-state index in [-0.39, 0.29) is 16.4 Å². The fraction of sp³-hybridized carbons (Fsp3) is 0.204. The Kier molecular flexibility index (Phi) is 12.0. The molecule has 0 N–H and O–H groups in total. The first-order valence-corrected chi connectivity index (χ1v) is 36.0. The van der Waals surface area contributed by atoms with Gasteiger partial charge in [-0.25, -0.2) is 0 Å². The molecule has 490 valence electrons. The molecule has 0 spiro atoms. The quantitative estimate of drug-likeness (QED) is 0.134. The molecule has 1 aliphatic carbocycles. The first-order chi connectivity index (χ1) is 52.1. The van der Waals surface area contributed by atoms with E-state index >= 15 is 0 Å². The van der Waals surface area contributed by atoms with E-state index in [4.69, 9.17) is 4.74 Å². The molecule has 7 heteroatoms. The lowest BCUT2D eigenvalue weighted by Crippen LogP contribution is -2.60. The number of benzene rings is 12. The van der Waals surface area contributed by atoms with Crippen LogP contribution in [0.5, 0.6) is 5.75 Å². The molecule has 100 heavy (non-hydrogen) atoms. The molecule has 5 nitrogen and oxygen atoms in total. The summed E-state index contributed by atoms with van der Waals surface area (Å²) < 4.78 is 97.1. The second kappa shape index (κ2) is 22.9. The molecule has 5 heterocycles. The molecule has 2 atom stereocenters. The summed E-state index contributed by atoms with van der Waals surface area (Å²) in [5.74, 6) is 0.663. The molecule has 0 bridgehead atoms. The third kappa shape index (κ3) is 9.54. The minimum atomic E-state index is -3.66. The van der Waals surface area contributed by atoms with Crippen LogP contribution in [0.3, 0.4) is 0 Å². The number of anilines is 12. The minimum Gasteiger partial charge on any atom is -0.484 e. The highest BCUT2D eigenvalue weighted by Crippen LogP contribution is 2.62. The molecule has 1 aromatic heterocycles. The smallest absolute Gasteiger partial charge is 0.264 e. The molecule has 18 rings (SSSR count). The fourth-order valence-electron chi connectivity index (χ4n) is 17.4. The van der Waals surface area contributed by atoms with Gasteiger partial charge in [-0.15, -0.1) is 11.3 Å². The van der Waals surface area contributed by atoms with Crippen LogP contribution in [0.25, 0.3) is 43.5 Å². The van der Waals surface area contributed by atoms with Crippen molar-refractivity contribution < 1.29 is 17.1 Å². The summed E-state index contributed by atoms with van der Waals surface area (Å²) in [5.41, 5.74) is 15.9. The number of ether oxygens (including phenoxy) is 1. The number of hydrogen-bond acceptors (Lipinski definition) is 6. The Morgan fingerprint density at radius 3 is 1.74 bits per heavy atom. The Balaban J connectivity index is 0.996. The summed E-state index contributed by atoms with van der Waals surface area (Å²) in [5, 5.41) is 0.901. The van der Waals surface area contributed by atoms with E-state index < -0.39 is 43.7 Å². The molecule has 0 radical (unpaired) electrons. The van der Waals surface area contributed by atoms with Gasteiger partial charge in [0.05, 0.1) is 34.1 Å². The SMILES string of the molecule is [2H]C([2H])([2H])C(c1cc2c3c(c1)N(c1ccc(N4c5ccccc5C(C)(C)c5ccccc54)cc1-c1ccccc1)c1c(sc4ccc(-c5ccccc5)cc14)B3c1ccc(N(c3ccc(C(C)(C)C)cc3)c3ccccc3-c3ccccc3)cc1N2c1cccc2c1OC1(C)CCCCC21C)(C([2H])([2H])[2H])C([2H])([2H])[2H]. The monoisotopic (exact) mass is 1320 g/mol. The van der Waals surface area contributed by atoms with Crippen molar-refractivity contribution in [1.82, 2.24) is 0 Å². The van der Waals surface area contributed by atoms with Crippen LogP contribution in [-0.4, -0.2) is 12.3 Å². The minimum absolute atomic E-state index is 0.149. The predicted octanol–water partition coefficient (Wildman–Crippen LogP) is 24.1. The summed E-state index contributed by atoms with van der Waals surface area (Å²) in [6.07, 6.45) is 3.67. The Bertz CT molecular complexity index is 5710. The third-order valence-corrected chi connectivity index (χ3v) is 24.0. The van der Waals surface area contributed by atoms with E-state index in [2.05, 4.69) is 286 Å². The zero-order valence-corrected chi connectivity index (χ0v) is 58.3. The van der Waals surface area contributed by atoms with Gasteiger partial charge in [0.2, 0.25) is 0 Å². The topological polar surface area (TPSA) is 22.2 Å². The molecule has 4 aliphatic heterocycles. The zero-order chi connectivity index (χ0) is 75.7. The van der Waals surface area contributed by atoms with Crippen molar-refractivity contribution in [3.8, 4) is 39.1 Å². The fourth-order valence-corrected chi connectivity index (χ4v) is 18.7. The van der Waals surface area contributed by atoms with Gasteiger partial charge in [0.25, 0.3) is 6.71 Å². The molecule has 1 saturated carbocycles. The number of para-hydroxylation sites is 4. The molecule has 1 fully saturated rings. The average molecular weight is 1320 g/mol. The Labute approximate surface area is 607 Å². The van der Waals surface area contributed by atoms with Crippen molar-refractivity contribution in [3.63, 3.8) is 0 Å². The van der Waals surface area contributed by atoms with E-state index in [0.717, 1.165) is 136 Å². The van der Waals surface area contributed by atoms with E-state index in [9.17, 15) is 12.3 Å². The van der Waals surface area contributed by atoms with Gasteiger partial charge in [0.1, 0.15) is 11.4 Å². The number of rotatable bonds is 9. The first kappa shape index (κ1) is 52.7. The molecule has 0 saturated heterocycles. The Morgan fingerprint density at radius 2 is 1.05 bits per heavy atom. The first-order valence-electron chi connectivity index (χ1n) is 39.7. The number of thiophene rings is 1. The number of nitrogens with zero attached hydrogens (tertiary/aromatic N) is 4. The highest BCUT2D eigenvalue weighted by Gasteiger charge is 2.57. The summed E-state index contributed by atoms with van der Waals surface area (Å²) in [7, 11) is 0. The van der Waals surface area contributed by atoms with Crippen LogP contribution in [0.1, 0.15) is 135 Å².